The number of fused-ring (bicyclic) bond motifs is 1. The fraction of sp³-hybridized carbons (Fsp3) is 0.440. The second-order valence-electron chi connectivity index (χ2n) is 9.18. The van der Waals surface area contributed by atoms with Crippen molar-refractivity contribution in [2.45, 2.75) is 29.9 Å². The summed E-state index contributed by atoms with van der Waals surface area (Å²) in [4.78, 5) is 8.10. The van der Waals surface area contributed by atoms with E-state index >= 15 is 0 Å². The average Bonchev–Trinajstić information content (AvgIpc) is 3.38. The molecule has 8 heteroatoms. The van der Waals surface area contributed by atoms with Gasteiger partial charge in [0, 0.05) is 40.9 Å². The molecule has 1 atom stereocenters. The Labute approximate surface area is 194 Å². The minimum atomic E-state index is -3.42. The minimum absolute atomic E-state index is 0.110. The molecule has 1 aromatic heterocycles. The van der Waals surface area contributed by atoms with E-state index in [2.05, 4.69) is 20.9 Å². The number of nitrogens with zero attached hydrogens (tertiary/aromatic N) is 2. The van der Waals surface area contributed by atoms with Gasteiger partial charge in [0.1, 0.15) is 0 Å². The number of hydrogen-bond donors (Lipinski definition) is 2. The summed E-state index contributed by atoms with van der Waals surface area (Å²) in [5.74, 6) is 0.110. The Kier molecular flexibility index (Phi) is 6.18. The summed E-state index contributed by atoms with van der Waals surface area (Å²) in [5, 5.41) is 11.1. The molecule has 3 heterocycles. The lowest BCUT2D eigenvalue weighted by molar-refractivity contribution is -0.0557. The number of ether oxygens (including phenoxy) is 1. The van der Waals surface area contributed by atoms with Gasteiger partial charge >= 0.3 is 0 Å². The SMILES string of the molecule is CN(CCCS(=O)(=O)c1ccc(N2CC[C@H](O)C2)c(-c2cc3ccccc3[nH]2)c1)C1COC1. The van der Waals surface area contributed by atoms with Crippen molar-refractivity contribution in [3.05, 3.63) is 48.5 Å². The Bertz CT molecular complexity index is 1200. The molecule has 0 radical (unpaired) electrons. The molecule has 3 aromatic rings. The molecule has 2 aliphatic heterocycles. The number of likely N-dealkylation sites (N-methyl/N-ethyl adjacent to an activating group) is 1. The number of aliphatic hydroxyl groups is 1. The largest absolute Gasteiger partial charge is 0.391 e. The van der Waals surface area contributed by atoms with E-state index in [-0.39, 0.29) is 11.9 Å². The highest BCUT2D eigenvalue weighted by Gasteiger charge is 2.26. The summed E-state index contributed by atoms with van der Waals surface area (Å²) >= 11 is 0. The first-order chi connectivity index (χ1) is 15.9. The van der Waals surface area contributed by atoms with Crippen LogP contribution in [0.15, 0.2) is 53.4 Å². The molecular formula is C25H31N3O4S. The summed E-state index contributed by atoms with van der Waals surface area (Å²) < 4.78 is 31.6. The van der Waals surface area contributed by atoms with Crippen LogP contribution in [0.3, 0.4) is 0 Å². The number of aromatic nitrogens is 1. The van der Waals surface area contributed by atoms with Crippen molar-refractivity contribution in [1.82, 2.24) is 9.88 Å². The molecule has 5 rings (SSSR count). The molecule has 2 aliphatic rings. The Balaban J connectivity index is 1.44. The van der Waals surface area contributed by atoms with Gasteiger partial charge in [-0.1, -0.05) is 18.2 Å². The van der Waals surface area contributed by atoms with Gasteiger partial charge in [-0.05, 0) is 56.8 Å². The lowest BCUT2D eigenvalue weighted by atomic mass is 10.1. The maximum Gasteiger partial charge on any atom is 0.178 e. The van der Waals surface area contributed by atoms with Crippen LogP contribution in [0, 0.1) is 0 Å². The monoisotopic (exact) mass is 469 g/mol. The normalized spacial score (nSPS) is 19.5. The van der Waals surface area contributed by atoms with Gasteiger partial charge in [0.05, 0.1) is 36.0 Å². The summed E-state index contributed by atoms with van der Waals surface area (Å²) in [6.45, 7) is 3.48. The summed E-state index contributed by atoms with van der Waals surface area (Å²) in [7, 11) is -1.40. The fourth-order valence-corrected chi connectivity index (χ4v) is 5.98. The van der Waals surface area contributed by atoms with Crippen LogP contribution in [0.2, 0.25) is 0 Å². The average molecular weight is 470 g/mol. The van der Waals surface area contributed by atoms with E-state index in [0.717, 1.165) is 54.2 Å². The predicted molar refractivity (Wildman–Crippen MR) is 130 cm³/mol. The summed E-state index contributed by atoms with van der Waals surface area (Å²) in [6.07, 6.45) is 0.935. The van der Waals surface area contributed by atoms with E-state index in [9.17, 15) is 13.5 Å². The van der Waals surface area contributed by atoms with Crippen molar-refractivity contribution < 1.29 is 18.3 Å². The number of benzene rings is 2. The van der Waals surface area contributed by atoms with Crippen LogP contribution in [-0.2, 0) is 14.6 Å². The van der Waals surface area contributed by atoms with Crippen LogP contribution >= 0.6 is 0 Å². The van der Waals surface area contributed by atoms with Crippen molar-refractivity contribution in [2.24, 2.45) is 0 Å². The Morgan fingerprint density at radius 2 is 2.00 bits per heavy atom. The standard InChI is InChI=1S/C25H31N3O4S/c1-27(19-16-32-17-19)10-4-12-33(30,31)21-7-8-25(28-11-9-20(29)15-28)22(14-21)24-13-18-5-2-3-6-23(18)26-24/h2-3,5-8,13-14,19-20,26,29H,4,9-12,15-17H2,1H3/t20-/m0/s1. The zero-order chi connectivity index (χ0) is 23.0. The number of nitrogens with one attached hydrogen (secondary N) is 1. The lowest BCUT2D eigenvalue weighted by Crippen LogP contribution is -2.47. The van der Waals surface area contributed by atoms with E-state index in [1.165, 1.54) is 0 Å². The van der Waals surface area contributed by atoms with Crippen molar-refractivity contribution in [3.8, 4) is 11.3 Å². The maximum absolute atomic E-state index is 13.2. The van der Waals surface area contributed by atoms with Crippen molar-refractivity contribution in [3.63, 3.8) is 0 Å². The number of anilines is 1. The third-order valence-corrected chi connectivity index (χ3v) is 8.62. The van der Waals surface area contributed by atoms with Crippen LogP contribution in [0.1, 0.15) is 12.8 Å². The summed E-state index contributed by atoms with van der Waals surface area (Å²) in [6, 6.07) is 15.9. The van der Waals surface area contributed by atoms with Gasteiger partial charge in [0.15, 0.2) is 9.84 Å². The van der Waals surface area contributed by atoms with Crippen LogP contribution < -0.4 is 4.90 Å². The van der Waals surface area contributed by atoms with Crippen LogP contribution in [-0.4, -0.2) is 81.2 Å². The Morgan fingerprint density at radius 1 is 1.18 bits per heavy atom. The predicted octanol–water partition coefficient (Wildman–Crippen LogP) is 2.90. The lowest BCUT2D eigenvalue weighted by Gasteiger charge is -2.34. The Hall–Kier alpha value is -2.39. The number of aromatic amines is 1. The molecule has 2 saturated heterocycles. The second-order valence-corrected chi connectivity index (χ2v) is 11.3. The maximum atomic E-state index is 13.2. The van der Waals surface area contributed by atoms with Crippen molar-refractivity contribution in [1.29, 1.82) is 0 Å². The number of sulfone groups is 1. The molecule has 2 aromatic carbocycles. The second kappa shape index (κ2) is 9.10. The highest BCUT2D eigenvalue weighted by molar-refractivity contribution is 7.91. The van der Waals surface area contributed by atoms with E-state index in [1.807, 2.05) is 37.4 Å². The molecular weight excluding hydrogens is 438 g/mol. The number of aliphatic hydroxyl groups excluding tert-OH is 1. The van der Waals surface area contributed by atoms with Crippen LogP contribution in [0.5, 0.6) is 0 Å². The Morgan fingerprint density at radius 3 is 2.70 bits per heavy atom. The van der Waals surface area contributed by atoms with Crippen LogP contribution in [0.4, 0.5) is 5.69 Å². The van der Waals surface area contributed by atoms with Gasteiger partial charge in [0.2, 0.25) is 0 Å². The molecule has 2 N–H and O–H groups in total. The van der Waals surface area contributed by atoms with Crippen molar-refractivity contribution >= 4 is 26.4 Å². The first-order valence-electron chi connectivity index (χ1n) is 11.6. The molecule has 33 heavy (non-hydrogen) atoms. The minimum Gasteiger partial charge on any atom is -0.391 e. The third kappa shape index (κ3) is 4.66. The first-order valence-corrected chi connectivity index (χ1v) is 13.2. The van der Waals surface area contributed by atoms with Gasteiger partial charge in [-0.25, -0.2) is 8.42 Å². The van der Waals surface area contributed by atoms with Gasteiger partial charge in [-0.3, -0.25) is 4.90 Å². The van der Waals surface area contributed by atoms with E-state index in [0.29, 0.717) is 30.3 Å². The number of para-hydroxylation sites is 1. The molecule has 2 fully saturated rings. The number of β-amino-alcohol motifs (C(OH)–C–C–N with tert-alkyl or cyclic N) is 1. The number of H-pyrrole nitrogens is 1. The topological polar surface area (TPSA) is 85.9 Å². The highest BCUT2D eigenvalue weighted by atomic mass is 32.2. The smallest absolute Gasteiger partial charge is 0.178 e. The van der Waals surface area contributed by atoms with E-state index in [1.54, 1.807) is 12.1 Å². The zero-order valence-electron chi connectivity index (χ0n) is 18.9. The molecule has 176 valence electrons. The van der Waals surface area contributed by atoms with Crippen LogP contribution in [0.25, 0.3) is 22.2 Å². The quantitative estimate of drug-likeness (QED) is 0.528. The molecule has 7 nitrogen and oxygen atoms in total. The van der Waals surface area contributed by atoms with E-state index < -0.39 is 9.84 Å². The molecule has 0 spiro atoms. The fourth-order valence-electron chi connectivity index (χ4n) is 4.66. The first kappa shape index (κ1) is 22.4. The third-order valence-electron chi connectivity index (χ3n) is 6.82. The van der Waals surface area contributed by atoms with Gasteiger partial charge in [-0.15, -0.1) is 0 Å². The van der Waals surface area contributed by atoms with Gasteiger partial charge in [-0.2, -0.15) is 0 Å². The molecule has 0 unspecified atom stereocenters. The van der Waals surface area contributed by atoms with Crippen molar-refractivity contribution in [2.75, 3.05) is 50.5 Å². The van der Waals surface area contributed by atoms with E-state index in [4.69, 9.17) is 4.74 Å². The number of rotatable bonds is 8. The molecule has 0 amide bonds. The zero-order valence-corrected chi connectivity index (χ0v) is 19.7. The number of hydrogen-bond acceptors (Lipinski definition) is 6. The molecule has 0 aliphatic carbocycles. The highest BCUT2D eigenvalue weighted by Crippen LogP contribution is 2.36. The summed E-state index contributed by atoms with van der Waals surface area (Å²) in [5.41, 5.74) is 3.69. The van der Waals surface area contributed by atoms with Gasteiger partial charge in [0.25, 0.3) is 0 Å². The molecule has 0 bridgehead atoms. The molecule has 0 saturated carbocycles. The van der Waals surface area contributed by atoms with Gasteiger partial charge < -0.3 is 19.7 Å².